The summed E-state index contributed by atoms with van der Waals surface area (Å²) >= 11 is 0. The van der Waals surface area contributed by atoms with Crippen LogP contribution in [0.2, 0.25) is 0 Å². The van der Waals surface area contributed by atoms with Crippen LogP contribution >= 0.6 is 0 Å². The van der Waals surface area contributed by atoms with Gasteiger partial charge < -0.3 is 0 Å². The third-order valence-electron chi connectivity index (χ3n) is 3.12. The van der Waals surface area contributed by atoms with Crippen LogP contribution in [0.15, 0.2) is 12.1 Å². The molecule has 2 amide bonds. The fourth-order valence-corrected chi connectivity index (χ4v) is 2.61. The number of pyridine rings is 1. The van der Waals surface area contributed by atoms with Crippen molar-refractivity contribution in [2.75, 3.05) is 5.75 Å². The second kappa shape index (κ2) is 5.86. The Morgan fingerprint density at radius 2 is 2.10 bits per heavy atom. The fourth-order valence-electron chi connectivity index (χ4n) is 2.12. The minimum atomic E-state index is -4.16. The van der Waals surface area contributed by atoms with E-state index in [1.54, 1.807) is 0 Å². The molecule has 21 heavy (non-hydrogen) atoms. The quantitative estimate of drug-likeness (QED) is 0.465. The SMILES string of the molecule is O=C1CCC(c2cc(CCS(=O)(=O)O)cc(F)n2)C(=O)N1. The number of aryl methyl sites for hydroxylation is 1. The number of carbonyl (C=O) groups excluding carboxylic acids is 2. The number of nitrogens with zero attached hydrogens (tertiary/aromatic N) is 1. The molecule has 2 rings (SSSR count). The summed E-state index contributed by atoms with van der Waals surface area (Å²) in [6.45, 7) is 0. The van der Waals surface area contributed by atoms with Gasteiger partial charge in [-0.3, -0.25) is 19.5 Å². The van der Waals surface area contributed by atoms with Gasteiger partial charge in [-0.1, -0.05) is 0 Å². The highest BCUT2D eigenvalue weighted by atomic mass is 32.2. The molecule has 0 bridgehead atoms. The van der Waals surface area contributed by atoms with Crippen molar-refractivity contribution in [2.45, 2.75) is 25.2 Å². The van der Waals surface area contributed by atoms with Crippen molar-refractivity contribution in [1.29, 1.82) is 0 Å². The summed E-state index contributed by atoms with van der Waals surface area (Å²) < 4.78 is 43.6. The summed E-state index contributed by atoms with van der Waals surface area (Å²) in [5.74, 6) is -3.08. The van der Waals surface area contributed by atoms with Crippen LogP contribution in [0, 0.1) is 5.95 Å². The summed E-state index contributed by atoms with van der Waals surface area (Å²) in [6.07, 6.45) is 0.256. The predicted octanol–water partition coefficient (Wildman–Crippen LogP) is 0.171. The van der Waals surface area contributed by atoms with Gasteiger partial charge in [-0.2, -0.15) is 12.8 Å². The van der Waals surface area contributed by atoms with Crippen LogP contribution in [-0.2, 0) is 26.1 Å². The maximum Gasteiger partial charge on any atom is 0.265 e. The van der Waals surface area contributed by atoms with Crippen LogP contribution in [-0.4, -0.2) is 35.5 Å². The van der Waals surface area contributed by atoms with Crippen LogP contribution in [0.3, 0.4) is 0 Å². The molecule has 9 heteroatoms. The Hall–Kier alpha value is -1.87. The maximum absolute atomic E-state index is 13.5. The minimum Gasteiger partial charge on any atom is -0.296 e. The van der Waals surface area contributed by atoms with Crippen LogP contribution < -0.4 is 5.32 Å². The number of halogens is 1. The molecular formula is C12H13FN2O5S. The molecule has 1 aromatic rings. The van der Waals surface area contributed by atoms with Gasteiger partial charge in [0.1, 0.15) is 0 Å². The molecule has 1 aliphatic heterocycles. The lowest BCUT2D eigenvalue weighted by molar-refractivity contribution is -0.134. The zero-order valence-electron chi connectivity index (χ0n) is 10.9. The van der Waals surface area contributed by atoms with Crippen LogP contribution in [0.25, 0.3) is 0 Å². The molecule has 0 saturated carbocycles. The Morgan fingerprint density at radius 1 is 1.38 bits per heavy atom. The van der Waals surface area contributed by atoms with E-state index in [1.807, 2.05) is 0 Å². The first-order valence-electron chi connectivity index (χ1n) is 6.20. The van der Waals surface area contributed by atoms with Crippen molar-refractivity contribution >= 4 is 21.9 Å². The van der Waals surface area contributed by atoms with Crippen LogP contribution in [0.1, 0.15) is 30.0 Å². The summed E-state index contributed by atoms with van der Waals surface area (Å²) in [5.41, 5.74) is 0.449. The van der Waals surface area contributed by atoms with Crippen molar-refractivity contribution in [3.05, 3.63) is 29.3 Å². The number of aromatic nitrogens is 1. The van der Waals surface area contributed by atoms with Crippen molar-refractivity contribution in [3.8, 4) is 0 Å². The standard InChI is InChI=1S/C12H13FN2O5S/c13-10-6-7(3-4-21(18,19)20)5-9(14-10)8-1-2-11(16)15-12(8)17/h5-6,8H,1-4H2,(H,15,16,17)(H,18,19,20). The Morgan fingerprint density at radius 3 is 2.71 bits per heavy atom. The van der Waals surface area contributed by atoms with E-state index in [4.69, 9.17) is 4.55 Å². The first-order valence-corrected chi connectivity index (χ1v) is 7.81. The number of hydrogen-bond acceptors (Lipinski definition) is 5. The minimum absolute atomic E-state index is 0.0987. The lowest BCUT2D eigenvalue weighted by Gasteiger charge is -2.20. The average Bonchev–Trinajstić information content (AvgIpc) is 2.35. The van der Waals surface area contributed by atoms with Crippen LogP contribution in [0.4, 0.5) is 4.39 Å². The monoisotopic (exact) mass is 316 g/mol. The summed E-state index contributed by atoms with van der Waals surface area (Å²) in [4.78, 5) is 26.4. The van der Waals surface area contributed by atoms with E-state index < -0.39 is 33.6 Å². The zero-order chi connectivity index (χ0) is 15.6. The number of carbonyl (C=O) groups is 2. The molecule has 1 fully saturated rings. The highest BCUT2D eigenvalue weighted by Gasteiger charge is 2.29. The van der Waals surface area contributed by atoms with E-state index >= 15 is 0 Å². The topological polar surface area (TPSA) is 113 Å². The molecule has 7 nitrogen and oxygen atoms in total. The lowest BCUT2D eigenvalue weighted by Crippen LogP contribution is -2.39. The Kier molecular flexibility index (Phi) is 4.33. The highest BCUT2D eigenvalue weighted by Crippen LogP contribution is 2.24. The number of rotatable bonds is 4. The van der Waals surface area contributed by atoms with E-state index in [1.165, 1.54) is 6.07 Å². The van der Waals surface area contributed by atoms with Gasteiger partial charge in [0.25, 0.3) is 10.1 Å². The van der Waals surface area contributed by atoms with Gasteiger partial charge in [-0.25, -0.2) is 4.98 Å². The Balaban J connectivity index is 2.22. The van der Waals surface area contributed by atoms with E-state index in [2.05, 4.69) is 10.3 Å². The van der Waals surface area contributed by atoms with Crippen molar-refractivity contribution in [3.63, 3.8) is 0 Å². The molecular weight excluding hydrogens is 303 g/mol. The summed E-state index contributed by atoms with van der Waals surface area (Å²) in [5, 5.41) is 2.15. The molecule has 0 aromatic carbocycles. The van der Waals surface area contributed by atoms with E-state index in [-0.39, 0.29) is 30.9 Å². The first kappa shape index (κ1) is 15.5. The molecule has 2 N–H and O–H groups in total. The third kappa shape index (κ3) is 4.30. The molecule has 1 saturated heterocycles. The second-order valence-corrected chi connectivity index (χ2v) is 6.33. The van der Waals surface area contributed by atoms with Gasteiger partial charge in [0, 0.05) is 6.42 Å². The number of hydrogen-bond donors (Lipinski definition) is 2. The molecule has 0 radical (unpaired) electrons. The van der Waals surface area contributed by atoms with Gasteiger partial charge in [0.05, 0.1) is 17.4 Å². The maximum atomic E-state index is 13.5. The largest absolute Gasteiger partial charge is 0.296 e. The number of amides is 2. The van der Waals surface area contributed by atoms with Gasteiger partial charge in [-0.05, 0) is 30.5 Å². The van der Waals surface area contributed by atoms with Crippen molar-refractivity contribution in [1.82, 2.24) is 10.3 Å². The molecule has 1 unspecified atom stereocenters. The molecule has 2 heterocycles. The Labute approximate surface area is 120 Å². The van der Waals surface area contributed by atoms with Gasteiger partial charge >= 0.3 is 0 Å². The van der Waals surface area contributed by atoms with E-state index in [0.29, 0.717) is 5.56 Å². The van der Waals surface area contributed by atoms with Gasteiger partial charge in [-0.15, -0.1) is 0 Å². The molecule has 1 atom stereocenters. The van der Waals surface area contributed by atoms with Gasteiger partial charge in [0.15, 0.2) is 0 Å². The van der Waals surface area contributed by atoms with Crippen LogP contribution in [0.5, 0.6) is 0 Å². The zero-order valence-corrected chi connectivity index (χ0v) is 11.7. The van der Waals surface area contributed by atoms with Crippen molar-refractivity contribution in [2.24, 2.45) is 0 Å². The highest BCUT2D eigenvalue weighted by molar-refractivity contribution is 7.85. The second-order valence-electron chi connectivity index (χ2n) is 4.76. The van der Waals surface area contributed by atoms with E-state index in [9.17, 15) is 22.4 Å². The lowest BCUT2D eigenvalue weighted by atomic mass is 9.93. The predicted molar refractivity (Wildman–Crippen MR) is 69.4 cm³/mol. The first-order chi connectivity index (χ1) is 9.74. The third-order valence-corrected chi connectivity index (χ3v) is 3.84. The number of piperidine rings is 1. The number of nitrogens with one attached hydrogen (secondary N) is 1. The number of imide groups is 1. The summed E-state index contributed by atoms with van der Waals surface area (Å²) in [7, 11) is -4.16. The molecule has 1 aromatic heterocycles. The average molecular weight is 316 g/mol. The van der Waals surface area contributed by atoms with E-state index in [0.717, 1.165) is 6.07 Å². The fraction of sp³-hybridized carbons (Fsp3) is 0.417. The molecule has 0 spiro atoms. The van der Waals surface area contributed by atoms with Crippen molar-refractivity contribution < 1.29 is 27.0 Å². The molecule has 1 aliphatic rings. The molecule has 0 aliphatic carbocycles. The smallest absolute Gasteiger partial charge is 0.265 e. The summed E-state index contributed by atoms with van der Waals surface area (Å²) in [6, 6.07) is 2.45. The Bertz CT molecular complexity index is 689. The van der Waals surface area contributed by atoms with Gasteiger partial charge in [0.2, 0.25) is 17.8 Å². The normalized spacial score (nSPS) is 19.4. The molecule has 114 valence electrons.